The highest BCUT2D eigenvalue weighted by atomic mass is 79.9. The lowest BCUT2D eigenvalue weighted by Gasteiger charge is -2.15. The van der Waals surface area contributed by atoms with Crippen LogP contribution >= 0.6 is 27.5 Å². The van der Waals surface area contributed by atoms with Crippen molar-refractivity contribution >= 4 is 27.5 Å². The highest BCUT2D eigenvalue weighted by molar-refractivity contribution is 9.10. The molecule has 1 N–H and O–H groups in total. The van der Waals surface area contributed by atoms with Gasteiger partial charge < -0.3 is 5.32 Å². The Kier molecular flexibility index (Phi) is 5.44. The number of hydrogen-bond donors (Lipinski definition) is 1. The molecule has 3 heteroatoms. The minimum atomic E-state index is 0.392. The average Bonchev–Trinajstić information content (AvgIpc) is 2.41. The molecule has 0 saturated carbocycles. The first kappa shape index (κ1) is 14.6. The molecule has 0 radical (unpaired) electrons. The third kappa shape index (κ3) is 4.64. The summed E-state index contributed by atoms with van der Waals surface area (Å²) in [4.78, 5) is 0. The number of benzene rings is 2. The molecule has 0 heterocycles. The molecular weight excluding hydrogens is 322 g/mol. The molecule has 100 valence electrons. The Bertz CT molecular complexity index is 525. The SMILES string of the molecule is CC(Cc1ccccc1Cl)NCc1ccc(Br)cc1. The van der Waals surface area contributed by atoms with Crippen LogP contribution in [0.15, 0.2) is 53.0 Å². The Morgan fingerprint density at radius 1 is 1.11 bits per heavy atom. The lowest BCUT2D eigenvalue weighted by atomic mass is 10.1. The van der Waals surface area contributed by atoms with Crippen molar-refractivity contribution in [2.75, 3.05) is 0 Å². The fourth-order valence-corrected chi connectivity index (χ4v) is 2.44. The van der Waals surface area contributed by atoms with E-state index in [4.69, 9.17) is 11.6 Å². The third-order valence-corrected chi connectivity index (χ3v) is 3.95. The van der Waals surface area contributed by atoms with E-state index in [2.05, 4.69) is 58.5 Å². The third-order valence-electron chi connectivity index (χ3n) is 3.05. The topological polar surface area (TPSA) is 12.0 Å². The van der Waals surface area contributed by atoms with E-state index in [1.165, 1.54) is 11.1 Å². The van der Waals surface area contributed by atoms with Gasteiger partial charge in [0.15, 0.2) is 0 Å². The molecule has 0 aliphatic heterocycles. The zero-order valence-corrected chi connectivity index (χ0v) is 13.2. The zero-order chi connectivity index (χ0) is 13.7. The summed E-state index contributed by atoms with van der Waals surface area (Å²) < 4.78 is 1.11. The molecule has 2 rings (SSSR count). The summed E-state index contributed by atoms with van der Waals surface area (Å²) in [7, 11) is 0. The second-order valence-electron chi connectivity index (χ2n) is 4.70. The van der Waals surface area contributed by atoms with Gasteiger partial charge in [-0.3, -0.25) is 0 Å². The molecule has 1 unspecified atom stereocenters. The highest BCUT2D eigenvalue weighted by Crippen LogP contribution is 2.17. The monoisotopic (exact) mass is 337 g/mol. The number of nitrogens with one attached hydrogen (secondary N) is 1. The predicted octanol–water partition coefficient (Wildman–Crippen LogP) is 4.82. The molecule has 2 aromatic rings. The molecule has 0 aliphatic carbocycles. The number of hydrogen-bond acceptors (Lipinski definition) is 1. The van der Waals surface area contributed by atoms with Crippen molar-refractivity contribution in [2.45, 2.75) is 25.9 Å². The van der Waals surface area contributed by atoms with Gasteiger partial charge in [-0.15, -0.1) is 0 Å². The summed E-state index contributed by atoms with van der Waals surface area (Å²) in [6, 6.07) is 16.8. The molecule has 0 fully saturated rings. The largest absolute Gasteiger partial charge is 0.310 e. The van der Waals surface area contributed by atoms with E-state index in [0.717, 1.165) is 22.5 Å². The van der Waals surface area contributed by atoms with E-state index >= 15 is 0 Å². The van der Waals surface area contributed by atoms with Crippen LogP contribution in [-0.4, -0.2) is 6.04 Å². The first-order valence-corrected chi connectivity index (χ1v) is 7.53. The van der Waals surface area contributed by atoms with Crippen LogP contribution in [0.25, 0.3) is 0 Å². The Labute approximate surface area is 128 Å². The van der Waals surface area contributed by atoms with Gasteiger partial charge in [-0.05, 0) is 42.7 Å². The molecule has 0 spiro atoms. The summed E-state index contributed by atoms with van der Waals surface area (Å²) in [6.07, 6.45) is 0.941. The van der Waals surface area contributed by atoms with Gasteiger partial charge in [-0.1, -0.05) is 57.9 Å². The standard InChI is InChI=1S/C16H17BrClN/c1-12(10-14-4-2-3-5-16(14)18)19-11-13-6-8-15(17)9-7-13/h2-9,12,19H,10-11H2,1H3. The number of rotatable bonds is 5. The lowest BCUT2D eigenvalue weighted by Crippen LogP contribution is -2.27. The van der Waals surface area contributed by atoms with Crippen LogP contribution in [0.2, 0.25) is 5.02 Å². The van der Waals surface area contributed by atoms with Gasteiger partial charge >= 0.3 is 0 Å². The van der Waals surface area contributed by atoms with Crippen molar-refractivity contribution in [1.29, 1.82) is 0 Å². The Morgan fingerprint density at radius 2 is 1.79 bits per heavy atom. The van der Waals surface area contributed by atoms with Gasteiger partial charge in [0.05, 0.1) is 0 Å². The normalized spacial score (nSPS) is 12.4. The molecule has 1 atom stereocenters. The first-order chi connectivity index (χ1) is 9.15. The van der Waals surface area contributed by atoms with Gasteiger partial charge in [0.1, 0.15) is 0 Å². The predicted molar refractivity (Wildman–Crippen MR) is 85.6 cm³/mol. The summed E-state index contributed by atoms with van der Waals surface area (Å²) >= 11 is 9.61. The molecule has 0 saturated heterocycles. The van der Waals surface area contributed by atoms with E-state index in [0.29, 0.717) is 6.04 Å². The van der Waals surface area contributed by atoms with E-state index in [9.17, 15) is 0 Å². The average molecular weight is 339 g/mol. The second kappa shape index (κ2) is 7.09. The maximum atomic E-state index is 6.17. The van der Waals surface area contributed by atoms with E-state index in [1.807, 2.05) is 18.2 Å². The van der Waals surface area contributed by atoms with Gasteiger partial charge in [0.25, 0.3) is 0 Å². The van der Waals surface area contributed by atoms with Crippen LogP contribution in [0.3, 0.4) is 0 Å². The van der Waals surface area contributed by atoms with Crippen molar-refractivity contribution in [2.24, 2.45) is 0 Å². The maximum absolute atomic E-state index is 6.17. The van der Waals surface area contributed by atoms with Crippen molar-refractivity contribution < 1.29 is 0 Å². The van der Waals surface area contributed by atoms with Crippen molar-refractivity contribution in [3.63, 3.8) is 0 Å². The van der Waals surface area contributed by atoms with E-state index < -0.39 is 0 Å². The van der Waals surface area contributed by atoms with Crippen LogP contribution in [-0.2, 0) is 13.0 Å². The van der Waals surface area contributed by atoms with Crippen molar-refractivity contribution in [3.8, 4) is 0 Å². The van der Waals surface area contributed by atoms with Crippen molar-refractivity contribution in [3.05, 3.63) is 69.2 Å². The second-order valence-corrected chi connectivity index (χ2v) is 6.03. The molecule has 0 aromatic heterocycles. The van der Waals surface area contributed by atoms with Crippen LogP contribution in [0.5, 0.6) is 0 Å². The fourth-order valence-electron chi connectivity index (χ4n) is 1.96. The van der Waals surface area contributed by atoms with Crippen LogP contribution < -0.4 is 5.32 Å². The molecule has 1 nitrogen and oxygen atoms in total. The molecule has 19 heavy (non-hydrogen) atoms. The van der Waals surface area contributed by atoms with Crippen LogP contribution in [0.1, 0.15) is 18.1 Å². The van der Waals surface area contributed by atoms with E-state index in [-0.39, 0.29) is 0 Å². The molecule has 0 amide bonds. The van der Waals surface area contributed by atoms with Crippen LogP contribution in [0, 0.1) is 0 Å². The Morgan fingerprint density at radius 3 is 2.47 bits per heavy atom. The maximum Gasteiger partial charge on any atom is 0.0438 e. The fraction of sp³-hybridized carbons (Fsp3) is 0.250. The van der Waals surface area contributed by atoms with Crippen LogP contribution in [0.4, 0.5) is 0 Å². The minimum absolute atomic E-state index is 0.392. The smallest absolute Gasteiger partial charge is 0.0438 e. The summed E-state index contributed by atoms with van der Waals surface area (Å²) in [5.74, 6) is 0. The molecule has 2 aromatic carbocycles. The van der Waals surface area contributed by atoms with Gasteiger partial charge in [-0.25, -0.2) is 0 Å². The molecule has 0 bridgehead atoms. The Hall–Kier alpha value is -0.830. The molecular formula is C16H17BrClN. The lowest BCUT2D eigenvalue weighted by molar-refractivity contribution is 0.545. The summed E-state index contributed by atoms with van der Waals surface area (Å²) in [5, 5.41) is 4.37. The van der Waals surface area contributed by atoms with Gasteiger partial charge in [0.2, 0.25) is 0 Å². The van der Waals surface area contributed by atoms with E-state index in [1.54, 1.807) is 0 Å². The zero-order valence-electron chi connectivity index (χ0n) is 10.9. The first-order valence-electron chi connectivity index (χ1n) is 6.36. The molecule has 0 aliphatic rings. The quantitative estimate of drug-likeness (QED) is 0.824. The number of halogens is 2. The summed E-state index contributed by atoms with van der Waals surface area (Å²) in [5.41, 5.74) is 2.48. The highest BCUT2D eigenvalue weighted by Gasteiger charge is 2.06. The summed E-state index contributed by atoms with van der Waals surface area (Å²) in [6.45, 7) is 3.06. The van der Waals surface area contributed by atoms with Crippen molar-refractivity contribution in [1.82, 2.24) is 5.32 Å². The van der Waals surface area contributed by atoms with Gasteiger partial charge in [-0.2, -0.15) is 0 Å². The minimum Gasteiger partial charge on any atom is -0.310 e. The van der Waals surface area contributed by atoms with Gasteiger partial charge in [0, 0.05) is 22.1 Å². The Balaban J connectivity index is 1.86.